The van der Waals surface area contributed by atoms with Gasteiger partial charge in [-0.05, 0) is 62.4 Å². The molecule has 0 aromatic rings. The second-order valence-electron chi connectivity index (χ2n) is 8.91. The maximum absolute atomic E-state index is 12.9. The number of allylic oxidation sites excluding steroid dienone is 1. The van der Waals surface area contributed by atoms with Crippen molar-refractivity contribution in [3.8, 4) is 0 Å². The van der Waals surface area contributed by atoms with Crippen LogP contribution in [-0.2, 0) is 4.79 Å². The summed E-state index contributed by atoms with van der Waals surface area (Å²) in [5.41, 5.74) is -0.677. The summed E-state index contributed by atoms with van der Waals surface area (Å²) in [5.74, 6) is -0.257. The Morgan fingerprint density at radius 1 is 1.09 bits per heavy atom. The zero-order valence-corrected chi connectivity index (χ0v) is 14.1. The predicted molar refractivity (Wildman–Crippen MR) is 85.6 cm³/mol. The summed E-state index contributed by atoms with van der Waals surface area (Å²) in [6.07, 6.45) is 5.82. The van der Waals surface area contributed by atoms with Crippen molar-refractivity contribution in [2.45, 2.75) is 76.6 Å². The van der Waals surface area contributed by atoms with Gasteiger partial charge in [0.1, 0.15) is 0 Å². The Morgan fingerprint density at radius 2 is 1.83 bits per heavy atom. The van der Waals surface area contributed by atoms with Crippen LogP contribution in [0.25, 0.3) is 0 Å². The molecule has 23 heavy (non-hydrogen) atoms. The van der Waals surface area contributed by atoms with Crippen LogP contribution in [0.2, 0.25) is 0 Å². The molecule has 0 bridgehead atoms. The average Bonchev–Trinajstić information content (AvgIpc) is 2.73. The molecule has 0 aromatic carbocycles. The molecule has 0 saturated heterocycles. The van der Waals surface area contributed by atoms with Crippen LogP contribution in [0.1, 0.15) is 58.8 Å². The topological polar surface area (TPSA) is 77.8 Å². The van der Waals surface area contributed by atoms with Gasteiger partial charge in [0.2, 0.25) is 0 Å². The summed E-state index contributed by atoms with van der Waals surface area (Å²) < 4.78 is 0. The van der Waals surface area contributed by atoms with Crippen LogP contribution in [0.5, 0.6) is 0 Å². The molecule has 2 unspecified atom stereocenters. The minimum Gasteiger partial charge on any atom is -0.393 e. The first-order valence-electron chi connectivity index (χ1n) is 9.06. The second-order valence-corrected chi connectivity index (χ2v) is 8.91. The third kappa shape index (κ3) is 1.80. The molecule has 0 aromatic heterocycles. The number of hydrogen-bond acceptors (Lipinski definition) is 4. The van der Waals surface area contributed by atoms with Gasteiger partial charge in [0.05, 0.1) is 23.7 Å². The van der Waals surface area contributed by atoms with Gasteiger partial charge >= 0.3 is 0 Å². The molecule has 0 amide bonds. The highest BCUT2D eigenvalue weighted by atomic mass is 16.3. The van der Waals surface area contributed by atoms with E-state index in [1.807, 2.05) is 6.92 Å². The number of rotatable bonds is 0. The van der Waals surface area contributed by atoms with Crippen molar-refractivity contribution in [1.82, 2.24) is 0 Å². The number of carbonyl (C=O) groups excluding carboxylic acids is 1. The smallest absolute Gasteiger partial charge is 0.161 e. The lowest BCUT2D eigenvalue weighted by atomic mass is 9.46. The molecule has 0 aliphatic heterocycles. The van der Waals surface area contributed by atoms with Crippen molar-refractivity contribution in [2.75, 3.05) is 0 Å². The average molecular weight is 320 g/mol. The summed E-state index contributed by atoms with van der Waals surface area (Å²) in [7, 11) is 0. The van der Waals surface area contributed by atoms with Crippen LogP contribution < -0.4 is 0 Å². The summed E-state index contributed by atoms with van der Waals surface area (Å²) in [4.78, 5) is 12.9. The van der Waals surface area contributed by atoms with Gasteiger partial charge in [-0.25, -0.2) is 0 Å². The Hall–Kier alpha value is -0.710. The van der Waals surface area contributed by atoms with E-state index in [9.17, 15) is 20.1 Å². The van der Waals surface area contributed by atoms with Gasteiger partial charge in [0, 0.05) is 5.41 Å². The molecule has 4 heteroatoms. The molecule has 128 valence electrons. The summed E-state index contributed by atoms with van der Waals surface area (Å²) >= 11 is 0. The number of aliphatic hydroxyl groups is 3. The van der Waals surface area contributed by atoms with E-state index in [4.69, 9.17) is 0 Å². The van der Waals surface area contributed by atoms with E-state index in [0.29, 0.717) is 19.3 Å². The van der Waals surface area contributed by atoms with E-state index in [1.54, 1.807) is 6.08 Å². The van der Waals surface area contributed by atoms with Gasteiger partial charge in [-0.2, -0.15) is 0 Å². The van der Waals surface area contributed by atoms with Crippen molar-refractivity contribution >= 4 is 5.78 Å². The van der Waals surface area contributed by atoms with Crippen molar-refractivity contribution in [3.05, 3.63) is 11.6 Å². The number of carbonyl (C=O) groups is 1. The van der Waals surface area contributed by atoms with Crippen molar-refractivity contribution in [2.24, 2.45) is 22.7 Å². The normalized spacial score (nSPS) is 55.7. The standard InChI is InChI=1S/C19H28O4/c1-17-6-3-12(20)9-11(17)10-14(21)16-13(17)4-7-18(2)15(22)5-8-19(16,18)23/h10,12-13,15-16,20,22-23H,3-9H2,1-2H3/t12?,13-,15?,16+,17+,18-,19-/m1/s1. The fourth-order valence-corrected chi connectivity index (χ4v) is 6.34. The lowest BCUT2D eigenvalue weighted by Crippen LogP contribution is -2.63. The molecule has 3 fully saturated rings. The molecular formula is C19H28O4. The Kier molecular flexibility index (Phi) is 3.21. The van der Waals surface area contributed by atoms with Gasteiger partial charge in [-0.1, -0.05) is 19.4 Å². The van der Waals surface area contributed by atoms with E-state index in [1.165, 1.54) is 0 Å². The highest BCUT2D eigenvalue weighted by Gasteiger charge is 2.68. The fourth-order valence-electron chi connectivity index (χ4n) is 6.34. The first-order chi connectivity index (χ1) is 10.7. The summed E-state index contributed by atoms with van der Waals surface area (Å²) in [6, 6.07) is 0. The summed E-state index contributed by atoms with van der Waals surface area (Å²) in [5, 5.41) is 31.9. The third-order valence-corrected chi connectivity index (χ3v) is 8.04. The number of ketones is 1. The number of hydrogen-bond donors (Lipinski definition) is 3. The molecule has 4 rings (SSSR count). The molecule has 3 saturated carbocycles. The van der Waals surface area contributed by atoms with Crippen molar-refractivity contribution in [3.63, 3.8) is 0 Å². The maximum Gasteiger partial charge on any atom is 0.161 e. The second kappa shape index (κ2) is 4.68. The minimum absolute atomic E-state index is 0.0131. The number of aliphatic hydroxyl groups excluding tert-OH is 2. The Morgan fingerprint density at radius 3 is 2.57 bits per heavy atom. The molecule has 7 atom stereocenters. The van der Waals surface area contributed by atoms with Crippen LogP contribution in [0.4, 0.5) is 0 Å². The highest BCUT2D eigenvalue weighted by Crippen LogP contribution is 2.65. The largest absolute Gasteiger partial charge is 0.393 e. The van der Waals surface area contributed by atoms with Gasteiger partial charge < -0.3 is 15.3 Å². The quantitative estimate of drug-likeness (QED) is 0.638. The molecule has 3 N–H and O–H groups in total. The van der Waals surface area contributed by atoms with Crippen LogP contribution in [0.15, 0.2) is 11.6 Å². The Labute approximate surface area is 137 Å². The zero-order chi connectivity index (χ0) is 16.6. The van der Waals surface area contributed by atoms with Crippen LogP contribution in [0.3, 0.4) is 0 Å². The van der Waals surface area contributed by atoms with Crippen LogP contribution >= 0.6 is 0 Å². The summed E-state index contributed by atoms with van der Waals surface area (Å²) in [6.45, 7) is 4.17. The van der Waals surface area contributed by atoms with Crippen molar-refractivity contribution < 1.29 is 20.1 Å². The molecule has 4 aliphatic carbocycles. The first kappa shape index (κ1) is 15.8. The Bertz CT molecular complexity index is 584. The lowest BCUT2D eigenvalue weighted by Gasteiger charge is -2.59. The molecule has 4 aliphatic rings. The first-order valence-corrected chi connectivity index (χ1v) is 9.06. The van der Waals surface area contributed by atoms with Gasteiger partial charge in [0.15, 0.2) is 5.78 Å². The highest BCUT2D eigenvalue weighted by molar-refractivity contribution is 5.95. The zero-order valence-electron chi connectivity index (χ0n) is 14.1. The monoisotopic (exact) mass is 320 g/mol. The van der Waals surface area contributed by atoms with Gasteiger partial charge in [-0.3, -0.25) is 4.79 Å². The minimum atomic E-state index is -1.09. The van der Waals surface area contributed by atoms with Gasteiger partial charge in [-0.15, -0.1) is 0 Å². The van der Waals surface area contributed by atoms with E-state index < -0.39 is 23.0 Å². The molecule has 0 heterocycles. The van der Waals surface area contributed by atoms with Crippen molar-refractivity contribution in [1.29, 1.82) is 0 Å². The molecule has 0 radical (unpaired) electrons. The van der Waals surface area contributed by atoms with E-state index in [-0.39, 0.29) is 23.2 Å². The predicted octanol–water partition coefficient (Wildman–Crippen LogP) is 1.96. The Balaban J connectivity index is 1.80. The molecule has 4 nitrogen and oxygen atoms in total. The third-order valence-electron chi connectivity index (χ3n) is 8.04. The number of fused-ring (bicyclic) bond motifs is 5. The molecule has 0 spiro atoms. The lowest BCUT2D eigenvalue weighted by molar-refractivity contribution is -0.190. The van der Waals surface area contributed by atoms with E-state index >= 15 is 0 Å². The van der Waals surface area contributed by atoms with Crippen LogP contribution in [0, 0.1) is 22.7 Å². The van der Waals surface area contributed by atoms with Crippen LogP contribution in [-0.4, -0.2) is 38.9 Å². The SMILES string of the molecule is C[C@]12CCC(O)CC1=CC(=O)[C@@H]1[C@H]2CC[C@]2(C)C(O)CC[C@@]12O. The fraction of sp³-hybridized carbons (Fsp3) is 0.842. The van der Waals surface area contributed by atoms with Gasteiger partial charge in [0.25, 0.3) is 0 Å². The maximum atomic E-state index is 12.9. The molecular weight excluding hydrogens is 292 g/mol. The van der Waals surface area contributed by atoms with E-state index in [0.717, 1.165) is 31.3 Å². The van der Waals surface area contributed by atoms with E-state index in [2.05, 4.69) is 6.92 Å².